The molecule has 214 valence electrons. The van der Waals surface area contributed by atoms with Crippen LogP contribution >= 0.6 is 11.6 Å². The van der Waals surface area contributed by atoms with Crippen LogP contribution in [0.15, 0.2) is 82.6 Å². The van der Waals surface area contributed by atoms with Gasteiger partial charge in [0.25, 0.3) is 0 Å². The van der Waals surface area contributed by atoms with Gasteiger partial charge in [0.05, 0.1) is 34.6 Å². The molecule has 3 aromatic carbocycles. The number of benzene rings is 3. The topological polar surface area (TPSA) is 110 Å². The highest BCUT2D eigenvalue weighted by Crippen LogP contribution is 2.23. The van der Waals surface area contributed by atoms with Crippen LogP contribution in [0.3, 0.4) is 0 Å². The van der Waals surface area contributed by atoms with Crippen molar-refractivity contribution in [2.75, 3.05) is 19.7 Å². The van der Waals surface area contributed by atoms with Crippen molar-refractivity contribution in [1.29, 1.82) is 0 Å². The van der Waals surface area contributed by atoms with Gasteiger partial charge in [-0.15, -0.1) is 0 Å². The van der Waals surface area contributed by atoms with Gasteiger partial charge in [-0.3, -0.25) is 0 Å². The lowest BCUT2D eigenvalue weighted by Crippen LogP contribution is -2.40. The quantitative estimate of drug-likeness (QED) is 0.296. The summed E-state index contributed by atoms with van der Waals surface area (Å²) in [5.41, 5.74) is 0.917. The van der Waals surface area contributed by atoms with E-state index in [0.717, 1.165) is 5.56 Å². The molecule has 0 unspecified atom stereocenters. The number of nitrogens with zero attached hydrogens (tertiary/aromatic N) is 1. The molecule has 1 amide bonds. The van der Waals surface area contributed by atoms with Crippen LogP contribution in [0.25, 0.3) is 0 Å². The number of aliphatic hydroxyl groups is 1. The van der Waals surface area contributed by atoms with Gasteiger partial charge in [0.15, 0.2) is 0 Å². The Balaban J connectivity index is 1.72. The minimum absolute atomic E-state index is 0.0104. The highest BCUT2D eigenvalue weighted by molar-refractivity contribution is 7.91. The van der Waals surface area contributed by atoms with Gasteiger partial charge in [0, 0.05) is 11.6 Å². The number of hydrogen-bond acceptors (Lipinski definition) is 7. The summed E-state index contributed by atoms with van der Waals surface area (Å²) < 4.78 is 36.7. The number of hydrogen-bond donors (Lipinski definition) is 1. The number of carbonyl (C=O) groups is 2. The highest BCUT2D eigenvalue weighted by atomic mass is 35.5. The van der Waals surface area contributed by atoms with E-state index >= 15 is 0 Å². The smallest absolute Gasteiger partial charge is 0.410 e. The maximum Gasteiger partial charge on any atom is 0.410 e. The molecular weight excluding hydrogens is 554 g/mol. The molecule has 3 aromatic rings. The molecule has 0 heterocycles. The Morgan fingerprint density at radius 2 is 1.57 bits per heavy atom. The molecule has 0 aliphatic heterocycles. The van der Waals surface area contributed by atoms with E-state index in [1.807, 2.05) is 0 Å². The Bertz CT molecular complexity index is 1420. The zero-order valence-electron chi connectivity index (χ0n) is 23.0. The molecule has 0 saturated carbocycles. The number of halogens is 1. The molecule has 40 heavy (non-hydrogen) atoms. The summed E-state index contributed by atoms with van der Waals surface area (Å²) in [6.45, 7) is 7.43. The lowest BCUT2D eigenvalue weighted by atomic mass is 10.1. The predicted molar refractivity (Wildman–Crippen MR) is 152 cm³/mol. The molecule has 0 fully saturated rings. The number of rotatable bonds is 10. The summed E-state index contributed by atoms with van der Waals surface area (Å²) in [4.78, 5) is 26.3. The Morgan fingerprint density at radius 3 is 2.12 bits per heavy atom. The summed E-state index contributed by atoms with van der Waals surface area (Å²) in [7, 11) is -3.81. The number of carbonyl (C=O) groups excluding carboxylic acids is 2. The number of sulfone groups is 1. The summed E-state index contributed by atoms with van der Waals surface area (Å²) in [5.74, 6) is -0.517. The van der Waals surface area contributed by atoms with Gasteiger partial charge < -0.3 is 19.5 Å². The molecule has 1 N–H and O–H groups in total. The Kier molecular flexibility index (Phi) is 10.4. The van der Waals surface area contributed by atoms with Crippen molar-refractivity contribution >= 4 is 33.5 Å². The maximum atomic E-state index is 13.1. The van der Waals surface area contributed by atoms with Crippen LogP contribution in [-0.4, -0.2) is 55.8 Å². The van der Waals surface area contributed by atoms with E-state index < -0.39 is 33.6 Å². The highest BCUT2D eigenvalue weighted by Gasteiger charge is 2.25. The number of ether oxygens (including phenoxy) is 2. The van der Waals surface area contributed by atoms with Crippen molar-refractivity contribution < 1.29 is 32.6 Å². The van der Waals surface area contributed by atoms with E-state index in [9.17, 15) is 23.1 Å². The molecule has 0 bridgehead atoms. The van der Waals surface area contributed by atoms with Crippen molar-refractivity contribution in [2.45, 2.75) is 55.6 Å². The van der Waals surface area contributed by atoms with E-state index in [1.165, 1.54) is 41.3 Å². The first kappa shape index (κ1) is 31.1. The summed E-state index contributed by atoms with van der Waals surface area (Å²) in [5, 5.41) is 11.2. The minimum Gasteiger partial charge on any atom is -0.462 e. The normalized spacial score (nSPS) is 12.4. The molecule has 0 aromatic heterocycles. The minimum atomic E-state index is -3.81. The van der Waals surface area contributed by atoms with Crippen molar-refractivity contribution in [2.24, 2.45) is 0 Å². The summed E-state index contributed by atoms with van der Waals surface area (Å²) >= 11 is 6.05. The zero-order valence-corrected chi connectivity index (χ0v) is 24.5. The molecule has 10 heteroatoms. The van der Waals surface area contributed by atoms with Crippen LogP contribution in [0.4, 0.5) is 4.79 Å². The van der Waals surface area contributed by atoms with Crippen LogP contribution < -0.4 is 0 Å². The molecule has 0 aliphatic carbocycles. The lowest BCUT2D eigenvalue weighted by molar-refractivity contribution is 0.0147. The van der Waals surface area contributed by atoms with E-state index in [2.05, 4.69) is 0 Å². The number of amides is 1. The van der Waals surface area contributed by atoms with Gasteiger partial charge in [-0.05, 0) is 93.8 Å². The average Bonchev–Trinajstić information content (AvgIpc) is 2.90. The first-order valence-corrected chi connectivity index (χ1v) is 14.7. The monoisotopic (exact) mass is 587 g/mol. The van der Waals surface area contributed by atoms with Gasteiger partial charge in [-0.1, -0.05) is 35.9 Å². The molecule has 8 nitrogen and oxygen atoms in total. The van der Waals surface area contributed by atoms with Gasteiger partial charge in [0.1, 0.15) is 5.60 Å². The molecule has 1 atom stereocenters. The van der Waals surface area contributed by atoms with Crippen molar-refractivity contribution in [1.82, 2.24) is 4.90 Å². The largest absolute Gasteiger partial charge is 0.462 e. The van der Waals surface area contributed by atoms with Crippen molar-refractivity contribution in [3.63, 3.8) is 0 Å². The molecule has 0 saturated heterocycles. The van der Waals surface area contributed by atoms with Crippen LogP contribution in [0.1, 0.15) is 55.3 Å². The van der Waals surface area contributed by atoms with E-state index in [1.54, 1.807) is 64.1 Å². The second-order valence-electron chi connectivity index (χ2n) is 10.1. The Morgan fingerprint density at radius 1 is 0.975 bits per heavy atom. The van der Waals surface area contributed by atoms with Crippen LogP contribution in [0, 0.1) is 0 Å². The lowest BCUT2D eigenvalue weighted by Gasteiger charge is -2.29. The first-order chi connectivity index (χ1) is 18.8. The fraction of sp³-hybridized carbons (Fsp3) is 0.333. The van der Waals surface area contributed by atoms with Crippen LogP contribution in [0.5, 0.6) is 0 Å². The third-order valence-electron chi connectivity index (χ3n) is 5.86. The maximum absolute atomic E-state index is 13.1. The zero-order chi connectivity index (χ0) is 29.5. The standard InChI is InChI=1S/C30H34ClNO7S/c1-5-38-28(34)22-11-15-26(16-12-22)40(36,37)25-13-9-21(10-14-25)17-18-32(29(35)39-30(2,3)4)20-27(33)23-7-6-8-24(31)19-23/h6-16,19,27,33H,5,17-18,20H2,1-4H3/t27-/m1/s1. The number of esters is 1. The fourth-order valence-corrected chi connectivity index (χ4v) is 5.29. The molecule has 0 spiro atoms. The van der Waals surface area contributed by atoms with Gasteiger partial charge in [-0.2, -0.15) is 0 Å². The van der Waals surface area contributed by atoms with Gasteiger partial charge in [0.2, 0.25) is 9.84 Å². The van der Waals surface area contributed by atoms with E-state index in [-0.39, 0.29) is 35.1 Å². The third-order valence-corrected chi connectivity index (χ3v) is 7.88. The third kappa shape index (κ3) is 8.55. The molecule has 3 rings (SSSR count). The molecule has 0 aliphatic rings. The Labute approximate surface area is 240 Å². The van der Waals surface area contributed by atoms with E-state index in [4.69, 9.17) is 21.1 Å². The second-order valence-corrected chi connectivity index (χ2v) is 12.5. The molecule has 0 radical (unpaired) electrons. The summed E-state index contributed by atoms with van der Waals surface area (Å²) in [6.07, 6.45) is -1.15. The number of aliphatic hydroxyl groups excluding tert-OH is 1. The molecular formula is C30H34ClNO7S. The van der Waals surface area contributed by atoms with Crippen LogP contribution in [-0.2, 0) is 25.7 Å². The fourth-order valence-electron chi connectivity index (χ4n) is 3.83. The van der Waals surface area contributed by atoms with Crippen molar-refractivity contribution in [3.8, 4) is 0 Å². The SMILES string of the molecule is CCOC(=O)c1ccc(S(=O)(=O)c2ccc(CCN(C[C@@H](O)c3cccc(Cl)c3)C(=O)OC(C)(C)C)cc2)cc1. The van der Waals surface area contributed by atoms with Gasteiger partial charge in [-0.25, -0.2) is 18.0 Å². The van der Waals surface area contributed by atoms with Gasteiger partial charge >= 0.3 is 12.1 Å². The predicted octanol–water partition coefficient (Wildman–Crippen LogP) is 5.86. The van der Waals surface area contributed by atoms with Crippen LogP contribution in [0.2, 0.25) is 5.02 Å². The Hall–Kier alpha value is -3.40. The second kappa shape index (κ2) is 13.3. The first-order valence-electron chi connectivity index (χ1n) is 12.8. The summed E-state index contributed by atoms with van der Waals surface area (Å²) in [6, 6.07) is 18.8. The van der Waals surface area contributed by atoms with Crippen molar-refractivity contribution in [3.05, 3.63) is 94.5 Å². The van der Waals surface area contributed by atoms with E-state index in [0.29, 0.717) is 17.0 Å². The average molecular weight is 588 g/mol.